The van der Waals surface area contributed by atoms with Crippen LogP contribution < -0.4 is 10.4 Å². The van der Waals surface area contributed by atoms with Gasteiger partial charge in [0.2, 0.25) is 0 Å². The van der Waals surface area contributed by atoms with Gasteiger partial charge in [-0.25, -0.2) is 9.18 Å². The second-order valence-corrected chi connectivity index (χ2v) is 3.76. The van der Waals surface area contributed by atoms with Gasteiger partial charge in [-0.15, -0.1) is 0 Å². The number of para-hydroxylation sites is 1. The van der Waals surface area contributed by atoms with Crippen molar-refractivity contribution in [1.29, 1.82) is 0 Å². The maximum Gasteiger partial charge on any atom is 0.345 e. The van der Waals surface area contributed by atoms with Crippen molar-refractivity contribution in [2.24, 2.45) is 0 Å². The SMILES string of the molecule is CCCOc1ccccc1-c1[nH]c(=O)ncc1F. The van der Waals surface area contributed by atoms with Gasteiger partial charge in [0, 0.05) is 5.56 Å². The number of benzene rings is 1. The van der Waals surface area contributed by atoms with Gasteiger partial charge >= 0.3 is 5.69 Å². The third kappa shape index (κ3) is 2.56. The number of ether oxygens (including phenoxy) is 1. The van der Waals surface area contributed by atoms with E-state index in [9.17, 15) is 9.18 Å². The summed E-state index contributed by atoms with van der Waals surface area (Å²) in [6.07, 6.45) is 1.76. The van der Waals surface area contributed by atoms with Gasteiger partial charge in [0.1, 0.15) is 5.75 Å². The van der Waals surface area contributed by atoms with Crippen LogP contribution in [0.2, 0.25) is 0 Å². The van der Waals surface area contributed by atoms with Gasteiger partial charge in [0.05, 0.1) is 18.5 Å². The zero-order valence-corrected chi connectivity index (χ0v) is 9.94. The van der Waals surface area contributed by atoms with E-state index in [2.05, 4.69) is 9.97 Å². The van der Waals surface area contributed by atoms with E-state index in [4.69, 9.17) is 4.74 Å². The number of nitrogens with one attached hydrogen (secondary N) is 1. The monoisotopic (exact) mass is 248 g/mol. The van der Waals surface area contributed by atoms with Crippen LogP contribution in [-0.4, -0.2) is 16.6 Å². The molecule has 0 amide bonds. The predicted octanol–water partition coefficient (Wildman–Crippen LogP) is 2.36. The third-order valence-electron chi connectivity index (χ3n) is 2.38. The minimum atomic E-state index is -0.586. The second kappa shape index (κ2) is 5.44. The van der Waals surface area contributed by atoms with E-state index >= 15 is 0 Å². The largest absolute Gasteiger partial charge is 0.493 e. The Bertz CT molecular complexity index is 596. The predicted molar refractivity (Wildman–Crippen MR) is 66.0 cm³/mol. The maximum atomic E-state index is 13.7. The van der Waals surface area contributed by atoms with Crippen molar-refractivity contribution in [3.63, 3.8) is 0 Å². The molecule has 0 aliphatic carbocycles. The Hall–Kier alpha value is -2.17. The topological polar surface area (TPSA) is 55.0 Å². The Morgan fingerprint density at radius 3 is 2.94 bits per heavy atom. The summed E-state index contributed by atoms with van der Waals surface area (Å²) < 4.78 is 19.2. The number of aromatic amines is 1. The number of nitrogens with zero attached hydrogens (tertiary/aromatic N) is 1. The number of halogens is 1. The summed E-state index contributed by atoms with van der Waals surface area (Å²) in [5, 5.41) is 0. The van der Waals surface area contributed by atoms with Crippen LogP contribution in [0.25, 0.3) is 11.3 Å². The standard InChI is InChI=1S/C13H13FN2O2/c1-2-7-18-11-6-4-3-5-9(11)12-10(14)8-15-13(17)16-12/h3-6,8H,2,7H2,1H3,(H,15,16,17). The highest BCUT2D eigenvalue weighted by atomic mass is 19.1. The van der Waals surface area contributed by atoms with Crippen molar-refractivity contribution in [2.75, 3.05) is 6.61 Å². The van der Waals surface area contributed by atoms with E-state index in [0.717, 1.165) is 12.6 Å². The molecule has 2 rings (SSSR count). The first-order valence-electron chi connectivity index (χ1n) is 5.69. The molecule has 0 unspecified atom stereocenters. The summed E-state index contributed by atoms with van der Waals surface area (Å²) in [5.74, 6) is -0.0396. The van der Waals surface area contributed by atoms with Crippen molar-refractivity contribution in [1.82, 2.24) is 9.97 Å². The van der Waals surface area contributed by atoms with Gasteiger partial charge in [-0.1, -0.05) is 19.1 Å². The number of aromatic nitrogens is 2. The zero-order chi connectivity index (χ0) is 13.0. The Kier molecular flexibility index (Phi) is 3.72. The number of hydrogen-bond acceptors (Lipinski definition) is 3. The minimum Gasteiger partial charge on any atom is -0.493 e. The molecule has 18 heavy (non-hydrogen) atoms. The van der Waals surface area contributed by atoms with E-state index in [0.29, 0.717) is 17.9 Å². The second-order valence-electron chi connectivity index (χ2n) is 3.76. The first kappa shape index (κ1) is 12.3. The normalized spacial score (nSPS) is 10.3. The molecule has 0 saturated carbocycles. The first-order valence-corrected chi connectivity index (χ1v) is 5.69. The first-order chi connectivity index (χ1) is 8.72. The molecule has 5 heteroatoms. The Labute approximate surface area is 103 Å². The molecule has 0 atom stereocenters. The smallest absolute Gasteiger partial charge is 0.345 e. The lowest BCUT2D eigenvalue weighted by atomic mass is 10.1. The lowest BCUT2D eigenvalue weighted by Crippen LogP contribution is -2.12. The molecular formula is C13H13FN2O2. The van der Waals surface area contributed by atoms with Crippen LogP contribution in [0.3, 0.4) is 0 Å². The Morgan fingerprint density at radius 1 is 1.39 bits per heavy atom. The molecular weight excluding hydrogens is 235 g/mol. The van der Waals surface area contributed by atoms with Crippen molar-refractivity contribution >= 4 is 0 Å². The summed E-state index contributed by atoms with van der Waals surface area (Å²) in [7, 11) is 0. The van der Waals surface area contributed by atoms with Crippen molar-refractivity contribution in [2.45, 2.75) is 13.3 Å². The molecule has 4 nitrogen and oxygen atoms in total. The summed E-state index contributed by atoms with van der Waals surface area (Å²) in [4.78, 5) is 16.9. The van der Waals surface area contributed by atoms with Crippen LogP contribution >= 0.6 is 0 Å². The van der Waals surface area contributed by atoms with Gasteiger partial charge in [-0.05, 0) is 18.6 Å². The third-order valence-corrected chi connectivity index (χ3v) is 2.38. The number of rotatable bonds is 4. The minimum absolute atomic E-state index is 0.0988. The molecule has 0 aliphatic rings. The highest BCUT2D eigenvalue weighted by Crippen LogP contribution is 2.29. The van der Waals surface area contributed by atoms with E-state index in [1.54, 1.807) is 24.3 Å². The van der Waals surface area contributed by atoms with E-state index in [1.807, 2.05) is 6.92 Å². The molecule has 0 spiro atoms. The van der Waals surface area contributed by atoms with Crippen LogP contribution in [0, 0.1) is 5.82 Å². The summed E-state index contributed by atoms with van der Waals surface area (Å²) in [5.41, 5.74) is 0.0290. The number of H-pyrrole nitrogens is 1. The van der Waals surface area contributed by atoms with Crippen LogP contribution in [0.4, 0.5) is 4.39 Å². The molecule has 1 heterocycles. The van der Waals surface area contributed by atoms with E-state index < -0.39 is 11.5 Å². The highest BCUT2D eigenvalue weighted by molar-refractivity contribution is 5.67. The van der Waals surface area contributed by atoms with Crippen LogP contribution in [0.5, 0.6) is 5.75 Å². The lowest BCUT2D eigenvalue weighted by molar-refractivity contribution is 0.318. The highest BCUT2D eigenvalue weighted by Gasteiger charge is 2.11. The molecule has 1 aromatic carbocycles. The Balaban J connectivity index is 2.49. The molecule has 1 N–H and O–H groups in total. The fourth-order valence-corrected chi connectivity index (χ4v) is 1.59. The van der Waals surface area contributed by atoms with Crippen molar-refractivity contribution in [3.8, 4) is 17.0 Å². The Morgan fingerprint density at radius 2 is 2.17 bits per heavy atom. The van der Waals surface area contributed by atoms with Crippen LogP contribution in [-0.2, 0) is 0 Å². The molecule has 0 aliphatic heterocycles. The quantitative estimate of drug-likeness (QED) is 0.903. The lowest BCUT2D eigenvalue weighted by Gasteiger charge is -2.10. The van der Waals surface area contributed by atoms with E-state index in [-0.39, 0.29) is 5.69 Å². The van der Waals surface area contributed by atoms with Gasteiger partial charge in [0.15, 0.2) is 5.82 Å². The maximum absolute atomic E-state index is 13.7. The van der Waals surface area contributed by atoms with E-state index in [1.165, 1.54) is 0 Å². The van der Waals surface area contributed by atoms with Gasteiger partial charge in [-0.3, -0.25) is 0 Å². The fourth-order valence-electron chi connectivity index (χ4n) is 1.59. The molecule has 94 valence electrons. The molecule has 0 radical (unpaired) electrons. The molecule has 1 aromatic heterocycles. The van der Waals surface area contributed by atoms with Crippen LogP contribution in [0.1, 0.15) is 13.3 Å². The fraction of sp³-hybridized carbons (Fsp3) is 0.231. The van der Waals surface area contributed by atoms with Crippen molar-refractivity contribution < 1.29 is 9.13 Å². The summed E-state index contributed by atoms with van der Waals surface area (Å²) in [6.45, 7) is 2.52. The van der Waals surface area contributed by atoms with Gasteiger partial charge in [0.25, 0.3) is 0 Å². The average molecular weight is 248 g/mol. The summed E-state index contributed by atoms with van der Waals surface area (Å²) in [6, 6.07) is 6.99. The molecule has 0 bridgehead atoms. The van der Waals surface area contributed by atoms with Gasteiger partial charge < -0.3 is 9.72 Å². The zero-order valence-electron chi connectivity index (χ0n) is 9.94. The molecule has 0 saturated heterocycles. The molecule has 2 aromatic rings. The molecule has 0 fully saturated rings. The summed E-state index contributed by atoms with van der Waals surface area (Å²) >= 11 is 0. The van der Waals surface area contributed by atoms with Crippen LogP contribution in [0.15, 0.2) is 35.3 Å². The average Bonchev–Trinajstić information content (AvgIpc) is 2.39. The van der Waals surface area contributed by atoms with Crippen molar-refractivity contribution in [3.05, 3.63) is 46.8 Å². The van der Waals surface area contributed by atoms with Gasteiger partial charge in [-0.2, -0.15) is 4.98 Å². The number of hydrogen-bond donors (Lipinski definition) is 1.